The van der Waals surface area contributed by atoms with Crippen LogP contribution in [0.3, 0.4) is 0 Å². The Labute approximate surface area is 158 Å². The van der Waals surface area contributed by atoms with E-state index in [9.17, 15) is 13.7 Å². The van der Waals surface area contributed by atoms with Gasteiger partial charge in [0, 0.05) is 6.04 Å². The minimum Gasteiger partial charge on any atom is -0.317 e. The van der Waals surface area contributed by atoms with Gasteiger partial charge in [-0.3, -0.25) is 0 Å². The molecule has 0 saturated carbocycles. The Kier molecular flexibility index (Phi) is 7.22. The highest BCUT2D eigenvalue weighted by molar-refractivity contribution is 7.89. The molecule has 0 amide bonds. The predicted molar refractivity (Wildman–Crippen MR) is 105 cm³/mol. The van der Waals surface area contributed by atoms with E-state index in [4.69, 9.17) is 0 Å². The van der Waals surface area contributed by atoms with Crippen molar-refractivity contribution in [2.45, 2.75) is 46.1 Å². The maximum absolute atomic E-state index is 12.8. The maximum atomic E-state index is 12.8. The van der Waals surface area contributed by atoms with Crippen LogP contribution in [0.1, 0.15) is 39.2 Å². The van der Waals surface area contributed by atoms with Crippen molar-refractivity contribution in [1.29, 1.82) is 5.26 Å². The first-order chi connectivity index (χ1) is 12.2. The lowest BCUT2D eigenvalue weighted by Crippen LogP contribution is -2.47. The van der Waals surface area contributed by atoms with Crippen LogP contribution in [0.25, 0.3) is 0 Å². The van der Waals surface area contributed by atoms with Crippen LogP contribution in [0.2, 0.25) is 0 Å². The lowest BCUT2D eigenvalue weighted by molar-refractivity contribution is 0.293. The maximum Gasteiger partial charge on any atom is 0.213 e. The molecule has 0 aliphatic carbocycles. The summed E-state index contributed by atoms with van der Waals surface area (Å²) < 4.78 is 28.5. The molecule has 1 aromatic carbocycles. The van der Waals surface area contributed by atoms with Crippen LogP contribution in [0.5, 0.6) is 0 Å². The van der Waals surface area contributed by atoms with Gasteiger partial charge >= 0.3 is 0 Å². The van der Waals surface area contributed by atoms with Crippen molar-refractivity contribution < 1.29 is 8.42 Å². The molecule has 1 aliphatic heterocycles. The fourth-order valence-electron chi connectivity index (χ4n) is 3.40. The highest BCUT2D eigenvalue weighted by Crippen LogP contribution is 2.26. The van der Waals surface area contributed by atoms with Crippen molar-refractivity contribution in [3.05, 3.63) is 35.9 Å². The van der Waals surface area contributed by atoms with Crippen molar-refractivity contribution >= 4 is 10.0 Å². The summed E-state index contributed by atoms with van der Waals surface area (Å²) in [6.07, 6.45) is 2.36. The minimum atomic E-state index is -3.54. The largest absolute Gasteiger partial charge is 0.317 e. The molecule has 2 rings (SSSR count). The Bertz CT molecular complexity index is 699. The van der Waals surface area contributed by atoms with E-state index in [1.165, 1.54) is 0 Å². The summed E-state index contributed by atoms with van der Waals surface area (Å²) in [6.45, 7) is 7.83. The Morgan fingerprint density at radius 2 is 1.85 bits per heavy atom. The first kappa shape index (κ1) is 20.9. The predicted octanol–water partition coefficient (Wildman–Crippen LogP) is 2.70. The summed E-state index contributed by atoms with van der Waals surface area (Å²) in [5.74, 6) is -0.415. The van der Waals surface area contributed by atoms with Crippen molar-refractivity contribution in [3.63, 3.8) is 0 Å². The van der Waals surface area contributed by atoms with Gasteiger partial charge in [0.25, 0.3) is 0 Å². The monoisotopic (exact) mass is 377 g/mol. The van der Waals surface area contributed by atoms with E-state index in [1.807, 2.05) is 51.1 Å². The zero-order valence-electron chi connectivity index (χ0n) is 16.0. The number of nitriles is 1. The van der Waals surface area contributed by atoms with Gasteiger partial charge in [-0.2, -0.15) is 5.26 Å². The van der Waals surface area contributed by atoms with E-state index < -0.39 is 15.9 Å². The molecule has 6 heteroatoms. The summed E-state index contributed by atoms with van der Waals surface area (Å²) in [5.41, 5.74) is 0.880. The van der Waals surface area contributed by atoms with Crippen LogP contribution < -0.4 is 10.0 Å². The van der Waals surface area contributed by atoms with Gasteiger partial charge < -0.3 is 5.32 Å². The van der Waals surface area contributed by atoms with E-state index >= 15 is 0 Å². The minimum absolute atomic E-state index is 0.116. The second-order valence-corrected chi connectivity index (χ2v) is 10.1. The molecule has 2 atom stereocenters. The van der Waals surface area contributed by atoms with Gasteiger partial charge in [-0.05, 0) is 49.2 Å². The van der Waals surface area contributed by atoms with E-state index in [2.05, 4.69) is 16.1 Å². The third kappa shape index (κ3) is 6.39. The van der Waals surface area contributed by atoms with Crippen LogP contribution in [-0.4, -0.2) is 33.3 Å². The molecular formula is C20H31N3O2S. The molecule has 1 aliphatic rings. The van der Waals surface area contributed by atoms with Crippen LogP contribution in [0.15, 0.2) is 30.3 Å². The van der Waals surface area contributed by atoms with E-state index in [0.717, 1.165) is 31.5 Å². The van der Waals surface area contributed by atoms with Crippen LogP contribution in [0, 0.1) is 28.6 Å². The number of nitrogens with zero attached hydrogens (tertiary/aromatic N) is 1. The second-order valence-electron chi connectivity index (χ2n) is 8.33. The van der Waals surface area contributed by atoms with Crippen LogP contribution in [-0.2, 0) is 16.4 Å². The molecule has 1 heterocycles. The van der Waals surface area contributed by atoms with Gasteiger partial charge in [0.2, 0.25) is 10.0 Å². The summed E-state index contributed by atoms with van der Waals surface area (Å²) in [6, 6.07) is 11.9. The molecule has 1 saturated heterocycles. The number of benzene rings is 1. The van der Waals surface area contributed by atoms with E-state index in [1.54, 1.807) is 0 Å². The van der Waals surface area contributed by atoms with E-state index in [0.29, 0.717) is 6.42 Å². The second kappa shape index (κ2) is 8.98. The smallest absolute Gasteiger partial charge is 0.213 e. The zero-order chi connectivity index (χ0) is 19.2. The van der Waals surface area contributed by atoms with Crippen LogP contribution >= 0.6 is 0 Å². The molecular weight excluding hydrogens is 346 g/mol. The molecule has 144 valence electrons. The first-order valence-corrected chi connectivity index (χ1v) is 11.0. The Morgan fingerprint density at radius 3 is 2.38 bits per heavy atom. The van der Waals surface area contributed by atoms with Gasteiger partial charge in [0.1, 0.15) is 0 Å². The highest BCUT2D eigenvalue weighted by atomic mass is 32.2. The fourth-order valence-corrected chi connectivity index (χ4v) is 5.19. The normalized spacial score (nSPS) is 18.8. The van der Waals surface area contributed by atoms with Gasteiger partial charge in [0.05, 0.1) is 17.7 Å². The number of hydrogen-bond donors (Lipinski definition) is 2. The van der Waals surface area contributed by atoms with Crippen molar-refractivity contribution in [3.8, 4) is 6.07 Å². The third-order valence-corrected chi connectivity index (χ3v) is 6.61. The molecule has 1 fully saturated rings. The average Bonchev–Trinajstić information content (AvgIpc) is 2.60. The Morgan fingerprint density at radius 1 is 1.23 bits per heavy atom. The Balaban J connectivity index is 2.08. The fraction of sp³-hybridized carbons (Fsp3) is 0.650. The van der Waals surface area contributed by atoms with E-state index in [-0.39, 0.29) is 23.1 Å². The highest BCUT2D eigenvalue weighted by Gasteiger charge is 2.33. The number of hydrogen-bond acceptors (Lipinski definition) is 4. The topological polar surface area (TPSA) is 82.0 Å². The number of nitrogens with one attached hydrogen (secondary N) is 2. The first-order valence-electron chi connectivity index (χ1n) is 9.35. The summed E-state index contributed by atoms with van der Waals surface area (Å²) >= 11 is 0. The number of sulfonamides is 1. The molecule has 0 aromatic heterocycles. The molecule has 1 aromatic rings. The quantitative estimate of drug-likeness (QED) is 0.765. The molecule has 0 radical (unpaired) electrons. The summed E-state index contributed by atoms with van der Waals surface area (Å²) in [7, 11) is -3.54. The third-order valence-electron chi connectivity index (χ3n) is 5.17. The van der Waals surface area contributed by atoms with Crippen molar-refractivity contribution in [2.24, 2.45) is 17.3 Å². The average molecular weight is 378 g/mol. The molecule has 2 unspecified atom stereocenters. The van der Waals surface area contributed by atoms with Gasteiger partial charge in [0.15, 0.2) is 0 Å². The van der Waals surface area contributed by atoms with Gasteiger partial charge in [-0.1, -0.05) is 51.1 Å². The lowest BCUT2D eigenvalue weighted by atomic mass is 9.84. The molecule has 2 N–H and O–H groups in total. The number of rotatable bonds is 7. The SMILES string of the molecule is CC(C)(C)C(Cc1ccccc1)NS(=O)(=O)CC(C#N)C1CCNCC1. The van der Waals surface area contributed by atoms with Gasteiger partial charge in [-0.25, -0.2) is 13.1 Å². The standard InChI is InChI=1S/C20H31N3O2S/c1-20(2,3)19(13-16-7-5-4-6-8-16)23-26(24,25)15-18(14-21)17-9-11-22-12-10-17/h4-8,17-19,22-23H,9-13,15H2,1-3H3. The van der Waals surface area contributed by atoms with Crippen molar-refractivity contribution in [1.82, 2.24) is 10.0 Å². The molecule has 5 nitrogen and oxygen atoms in total. The molecule has 0 spiro atoms. The summed E-state index contributed by atoms with van der Waals surface area (Å²) in [5, 5.41) is 12.8. The van der Waals surface area contributed by atoms with Gasteiger partial charge in [-0.15, -0.1) is 0 Å². The molecule has 0 bridgehead atoms. The van der Waals surface area contributed by atoms with Crippen LogP contribution in [0.4, 0.5) is 0 Å². The summed E-state index contributed by atoms with van der Waals surface area (Å²) in [4.78, 5) is 0. The molecule has 26 heavy (non-hydrogen) atoms. The zero-order valence-corrected chi connectivity index (χ0v) is 16.8. The number of piperidine rings is 1. The van der Waals surface area contributed by atoms with Crippen molar-refractivity contribution in [2.75, 3.05) is 18.8 Å². The Hall–Kier alpha value is -1.42. The lowest BCUT2D eigenvalue weighted by Gasteiger charge is -2.32.